The first-order chi connectivity index (χ1) is 12.2. The SMILES string of the molecule is O=C(CSc1ccc(O)cc1)Nc1ccccc1Oc1ccccc1. The molecule has 4 nitrogen and oxygen atoms in total. The molecular weight excluding hydrogens is 334 g/mol. The standard InChI is InChI=1S/C20H17NO3S/c22-15-10-12-17(13-11-15)25-14-20(23)21-18-8-4-5-9-19(18)24-16-6-2-1-3-7-16/h1-13,22H,14H2,(H,21,23). The number of hydrogen-bond donors (Lipinski definition) is 2. The van der Waals surface area contributed by atoms with E-state index in [2.05, 4.69) is 5.32 Å². The largest absolute Gasteiger partial charge is 0.508 e. The second-order valence-corrected chi connectivity index (χ2v) is 6.29. The van der Waals surface area contributed by atoms with Crippen molar-refractivity contribution in [3.8, 4) is 17.2 Å². The highest BCUT2D eigenvalue weighted by Gasteiger charge is 2.09. The lowest BCUT2D eigenvalue weighted by Crippen LogP contribution is -2.14. The van der Waals surface area contributed by atoms with E-state index >= 15 is 0 Å². The average Bonchev–Trinajstić information content (AvgIpc) is 2.64. The minimum Gasteiger partial charge on any atom is -0.508 e. The number of amides is 1. The van der Waals surface area contributed by atoms with E-state index in [-0.39, 0.29) is 17.4 Å². The summed E-state index contributed by atoms with van der Waals surface area (Å²) in [5.74, 6) is 1.66. The molecule has 2 N–H and O–H groups in total. The minimum absolute atomic E-state index is 0.123. The second kappa shape index (κ2) is 8.26. The molecule has 0 atom stereocenters. The Morgan fingerprint density at radius 3 is 2.36 bits per heavy atom. The molecule has 0 heterocycles. The summed E-state index contributed by atoms with van der Waals surface area (Å²) < 4.78 is 5.84. The highest BCUT2D eigenvalue weighted by Crippen LogP contribution is 2.29. The number of ether oxygens (including phenoxy) is 1. The number of phenols is 1. The van der Waals surface area contributed by atoms with E-state index in [1.165, 1.54) is 11.8 Å². The van der Waals surface area contributed by atoms with Crippen molar-refractivity contribution in [1.82, 2.24) is 0 Å². The molecule has 3 aromatic carbocycles. The number of anilines is 1. The van der Waals surface area contributed by atoms with Crippen LogP contribution in [0.4, 0.5) is 5.69 Å². The van der Waals surface area contributed by atoms with Gasteiger partial charge in [-0.15, -0.1) is 11.8 Å². The van der Waals surface area contributed by atoms with Gasteiger partial charge in [-0.1, -0.05) is 30.3 Å². The van der Waals surface area contributed by atoms with Crippen LogP contribution in [0.25, 0.3) is 0 Å². The van der Waals surface area contributed by atoms with Crippen molar-refractivity contribution in [2.24, 2.45) is 0 Å². The summed E-state index contributed by atoms with van der Waals surface area (Å²) in [6, 6.07) is 23.5. The van der Waals surface area contributed by atoms with Gasteiger partial charge >= 0.3 is 0 Å². The Bertz CT molecular complexity index is 835. The number of carbonyl (C=O) groups excluding carboxylic acids is 1. The van der Waals surface area contributed by atoms with Crippen LogP contribution in [0.5, 0.6) is 17.2 Å². The molecular formula is C20H17NO3S. The number of thioether (sulfide) groups is 1. The Hall–Kier alpha value is -2.92. The fraction of sp³-hybridized carbons (Fsp3) is 0.0500. The quantitative estimate of drug-likeness (QED) is 0.619. The number of para-hydroxylation sites is 3. The second-order valence-electron chi connectivity index (χ2n) is 5.24. The van der Waals surface area contributed by atoms with E-state index in [0.717, 1.165) is 4.90 Å². The third kappa shape index (κ3) is 5.02. The van der Waals surface area contributed by atoms with Crippen molar-refractivity contribution >= 4 is 23.4 Å². The van der Waals surface area contributed by atoms with Crippen LogP contribution in [0, 0.1) is 0 Å². The summed E-state index contributed by atoms with van der Waals surface area (Å²) in [5, 5.41) is 12.2. The molecule has 0 saturated carbocycles. The minimum atomic E-state index is -0.123. The lowest BCUT2D eigenvalue weighted by Gasteiger charge is -2.12. The molecule has 0 radical (unpaired) electrons. The zero-order chi connectivity index (χ0) is 17.5. The molecule has 126 valence electrons. The van der Waals surface area contributed by atoms with Crippen LogP contribution >= 0.6 is 11.8 Å². The van der Waals surface area contributed by atoms with Gasteiger partial charge in [-0.05, 0) is 48.5 Å². The smallest absolute Gasteiger partial charge is 0.234 e. The van der Waals surface area contributed by atoms with Gasteiger partial charge in [0, 0.05) is 4.90 Å². The molecule has 0 bridgehead atoms. The van der Waals surface area contributed by atoms with Gasteiger partial charge in [-0.3, -0.25) is 4.79 Å². The normalized spacial score (nSPS) is 10.2. The maximum Gasteiger partial charge on any atom is 0.234 e. The van der Waals surface area contributed by atoms with Crippen LogP contribution in [0.2, 0.25) is 0 Å². The highest BCUT2D eigenvalue weighted by molar-refractivity contribution is 8.00. The summed E-state index contributed by atoms with van der Waals surface area (Å²) >= 11 is 1.40. The molecule has 1 amide bonds. The molecule has 0 fully saturated rings. The van der Waals surface area contributed by atoms with Crippen LogP contribution in [0.3, 0.4) is 0 Å². The molecule has 3 rings (SSSR count). The maximum atomic E-state index is 12.2. The lowest BCUT2D eigenvalue weighted by atomic mass is 10.3. The van der Waals surface area contributed by atoms with Crippen LogP contribution in [0.1, 0.15) is 0 Å². The molecule has 0 aromatic heterocycles. The monoisotopic (exact) mass is 351 g/mol. The van der Waals surface area contributed by atoms with Gasteiger partial charge < -0.3 is 15.2 Å². The maximum absolute atomic E-state index is 12.2. The summed E-state index contributed by atoms with van der Waals surface area (Å²) in [4.78, 5) is 13.1. The molecule has 0 aliphatic carbocycles. The molecule has 0 spiro atoms. The topological polar surface area (TPSA) is 58.6 Å². The van der Waals surface area contributed by atoms with Gasteiger partial charge in [0.1, 0.15) is 11.5 Å². The molecule has 0 aliphatic rings. The van der Waals surface area contributed by atoms with Crippen molar-refractivity contribution < 1.29 is 14.6 Å². The first-order valence-corrected chi connectivity index (χ1v) is 8.73. The van der Waals surface area contributed by atoms with Gasteiger partial charge in [-0.25, -0.2) is 0 Å². The van der Waals surface area contributed by atoms with Crippen molar-refractivity contribution in [2.45, 2.75) is 4.90 Å². The Morgan fingerprint density at radius 2 is 1.60 bits per heavy atom. The number of hydrogen-bond acceptors (Lipinski definition) is 4. The number of carbonyl (C=O) groups is 1. The summed E-state index contributed by atoms with van der Waals surface area (Å²) in [7, 11) is 0. The Kier molecular flexibility index (Phi) is 5.59. The average molecular weight is 351 g/mol. The van der Waals surface area contributed by atoms with Crippen molar-refractivity contribution in [3.05, 3.63) is 78.9 Å². The number of phenolic OH excluding ortho intramolecular Hbond substituents is 1. The van der Waals surface area contributed by atoms with Gasteiger partial charge in [0.05, 0.1) is 11.4 Å². The Balaban J connectivity index is 1.62. The zero-order valence-corrected chi connectivity index (χ0v) is 14.2. The third-order valence-electron chi connectivity index (χ3n) is 3.34. The summed E-state index contributed by atoms with van der Waals surface area (Å²) in [5.41, 5.74) is 0.627. The molecule has 0 unspecified atom stereocenters. The first kappa shape index (κ1) is 16.9. The number of nitrogens with one attached hydrogen (secondary N) is 1. The molecule has 0 saturated heterocycles. The summed E-state index contributed by atoms with van der Waals surface area (Å²) in [6.07, 6.45) is 0. The molecule has 3 aromatic rings. The van der Waals surface area contributed by atoms with E-state index in [0.29, 0.717) is 17.2 Å². The zero-order valence-electron chi connectivity index (χ0n) is 13.4. The molecule has 0 aliphatic heterocycles. The Morgan fingerprint density at radius 1 is 0.920 bits per heavy atom. The van der Waals surface area contributed by atoms with E-state index < -0.39 is 0 Å². The van der Waals surface area contributed by atoms with Gasteiger partial charge in [0.15, 0.2) is 5.75 Å². The van der Waals surface area contributed by atoms with Crippen molar-refractivity contribution in [2.75, 3.05) is 11.1 Å². The third-order valence-corrected chi connectivity index (χ3v) is 4.35. The van der Waals surface area contributed by atoms with E-state index in [1.54, 1.807) is 30.3 Å². The van der Waals surface area contributed by atoms with E-state index in [4.69, 9.17) is 4.74 Å². The molecule has 5 heteroatoms. The number of benzene rings is 3. The predicted octanol–water partition coefficient (Wildman–Crippen LogP) is 4.92. The lowest BCUT2D eigenvalue weighted by molar-refractivity contribution is -0.113. The Labute approximate surface area is 150 Å². The summed E-state index contributed by atoms with van der Waals surface area (Å²) in [6.45, 7) is 0. The fourth-order valence-electron chi connectivity index (χ4n) is 2.15. The van der Waals surface area contributed by atoms with Crippen LogP contribution in [-0.4, -0.2) is 16.8 Å². The van der Waals surface area contributed by atoms with Crippen molar-refractivity contribution in [3.63, 3.8) is 0 Å². The van der Waals surface area contributed by atoms with Crippen LogP contribution in [0.15, 0.2) is 83.8 Å². The highest BCUT2D eigenvalue weighted by atomic mass is 32.2. The predicted molar refractivity (Wildman–Crippen MR) is 100 cm³/mol. The van der Waals surface area contributed by atoms with Gasteiger partial charge in [-0.2, -0.15) is 0 Å². The fourth-order valence-corrected chi connectivity index (χ4v) is 2.85. The van der Waals surface area contributed by atoms with E-state index in [9.17, 15) is 9.90 Å². The number of aromatic hydroxyl groups is 1. The van der Waals surface area contributed by atoms with E-state index in [1.807, 2.05) is 48.5 Å². The number of rotatable bonds is 6. The van der Waals surface area contributed by atoms with Gasteiger partial charge in [0.25, 0.3) is 0 Å². The van der Waals surface area contributed by atoms with Crippen molar-refractivity contribution in [1.29, 1.82) is 0 Å². The molecule has 25 heavy (non-hydrogen) atoms. The van der Waals surface area contributed by atoms with Crippen LogP contribution in [-0.2, 0) is 4.79 Å². The van der Waals surface area contributed by atoms with Crippen LogP contribution < -0.4 is 10.1 Å². The van der Waals surface area contributed by atoms with Gasteiger partial charge in [0.2, 0.25) is 5.91 Å². The first-order valence-electron chi connectivity index (χ1n) is 7.74.